The maximum Gasteiger partial charge on any atom is 0.282 e. The average Bonchev–Trinajstić information content (AvgIpc) is 2.99. The lowest BCUT2D eigenvalue weighted by Gasteiger charge is -2.37. The minimum atomic E-state index is -0.654. The van der Waals surface area contributed by atoms with Gasteiger partial charge in [0, 0.05) is 25.7 Å². The number of fused-ring (bicyclic) bond motifs is 1. The number of carbonyl (C=O) groups is 3. The highest BCUT2D eigenvalue weighted by Crippen LogP contribution is 2.31. The fourth-order valence-electron chi connectivity index (χ4n) is 4.22. The van der Waals surface area contributed by atoms with Gasteiger partial charge in [0.2, 0.25) is 5.91 Å². The van der Waals surface area contributed by atoms with Crippen LogP contribution < -0.4 is 0 Å². The topological polar surface area (TPSA) is 113 Å². The molecule has 10 heteroatoms. The third-order valence-electron chi connectivity index (χ3n) is 5.69. The van der Waals surface area contributed by atoms with Gasteiger partial charge in [-0.25, -0.2) is 0 Å². The van der Waals surface area contributed by atoms with E-state index < -0.39 is 16.7 Å². The molecule has 3 aliphatic rings. The maximum atomic E-state index is 12.8. The third-order valence-corrected chi connectivity index (χ3v) is 5.69. The summed E-state index contributed by atoms with van der Waals surface area (Å²) in [6.07, 6.45) is 1.55. The first-order valence-corrected chi connectivity index (χ1v) is 9.70. The third kappa shape index (κ3) is 3.60. The van der Waals surface area contributed by atoms with Gasteiger partial charge < -0.3 is 9.64 Å². The molecule has 2 saturated heterocycles. The molecule has 3 amide bonds. The van der Waals surface area contributed by atoms with E-state index >= 15 is 0 Å². The van der Waals surface area contributed by atoms with Crippen LogP contribution in [0.25, 0.3) is 0 Å². The monoisotopic (exact) mass is 402 g/mol. The van der Waals surface area contributed by atoms with Gasteiger partial charge in [-0.15, -0.1) is 0 Å². The summed E-state index contributed by atoms with van der Waals surface area (Å²) < 4.78 is 5.29. The van der Waals surface area contributed by atoms with E-state index in [4.69, 9.17) is 4.74 Å². The minimum absolute atomic E-state index is 0.0242. The highest BCUT2D eigenvalue weighted by Gasteiger charge is 2.42. The Morgan fingerprint density at radius 3 is 2.66 bits per heavy atom. The van der Waals surface area contributed by atoms with Gasteiger partial charge in [0.15, 0.2) is 0 Å². The average molecular weight is 402 g/mol. The predicted molar refractivity (Wildman–Crippen MR) is 100 cm³/mol. The Balaban J connectivity index is 1.46. The van der Waals surface area contributed by atoms with Crippen LogP contribution in [0, 0.1) is 16.0 Å². The van der Waals surface area contributed by atoms with Crippen LogP contribution >= 0.6 is 0 Å². The van der Waals surface area contributed by atoms with Gasteiger partial charge in [-0.1, -0.05) is 6.07 Å². The first kappa shape index (κ1) is 19.5. The van der Waals surface area contributed by atoms with Crippen LogP contribution in [0.3, 0.4) is 0 Å². The summed E-state index contributed by atoms with van der Waals surface area (Å²) >= 11 is 0. The van der Waals surface area contributed by atoms with Crippen LogP contribution in [-0.4, -0.2) is 83.4 Å². The smallest absolute Gasteiger partial charge is 0.282 e. The highest BCUT2D eigenvalue weighted by molar-refractivity contribution is 6.23. The molecule has 1 aromatic rings. The van der Waals surface area contributed by atoms with E-state index in [1.807, 2.05) is 9.80 Å². The van der Waals surface area contributed by atoms with Crippen molar-refractivity contribution in [1.29, 1.82) is 0 Å². The Morgan fingerprint density at radius 2 is 1.93 bits per heavy atom. The van der Waals surface area contributed by atoms with Crippen LogP contribution in [0.15, 0.2) is 18.2 Å². The number of likely N-dealkylation sites (tertiary alicyclic amines) is 1. The summed E-state index contributed by atoms with van der Waals surface area (Å²) in [6.45, 7) is 3.37. The molecule has 0 bridgehead atoms. The molecule has 0 N–H and O–H groups in total. The Kier molecular flexibility index (Phi) is 5.29. The van der Waals surface area contributed by atoms with Gasteiger partial charge in [0.05, 0.1) is 36.3 Å². The number of hydrogen-bond donors (Lipinski definition) is 0. The van der Waals surface area contributed by atoms with Gasteiger partial charge in [0.25, 0.3) is 17.5 Å². The van der Waals surface area contributed by atoms with E-state index in [-0.39, 0.29) is 35.3 Å². The van der Waals surface area contributed by atoms with Crippen molar-refractivity contribution in [3.05, 3.63) is 39.4 Å². The van der Waals surface area contributed by atoms with E-state index in [1.165, 1.54) is 18.2 Å². The Bertz CT molecular complexity index is 866. The summed E-state index contributed by atoms with van der Waals surface area (Å²) in [5.74, 6) is -1.29. The fraction of sp³-hybridized carbons (Fsp3) is 0.526. The molecule has 1 aromatic carbocycles. The molecule has 0 aromatic heterocycles. The molecule has 0 saturated carbocycles. The van der Waals surface area contributed by atoms with Crippen molar-refractivity contribution in [2.75, 3.05) is 46.1 Å². The Labute approximate surface area is 167 Å². The van der Waals surface area contributed by atoms with Gasteiger partial charge in [-0.05, 0) is 25.5 Å². The van der Waals surface area contributed by atoms with Crippen molar-refractivity contribution in [3.8, 4) is 0 Å². The number of carbonyl (C=O) groups excluding carboxylic acids is 3. The molecule has 154 valence electrons. The second-order valence-electron chi connectivity index (χ2n) is 7.49. The van der Waals surface area contributed by atoms with Crippen molar-refractivity contribution >= 4 is 23.4 Å². The van der Waals surface area contributed by atoms with Crippen molar-refractivity contribution in [2.45, 2.75) is 12.8 Å². The Hall–Kier alpha value is -2.85. The first-order chi connectivity index (χ1) is 14.0. The summed E-state index contributed by atoms with van der Waals surface area (Å²) in [7, 11) is 0. The van der Waals surface area contributed by atoms with Gasteiger partial charge in [-0.3, -0.25) is 34.3 Å². The molecule has 0 unspecified atom stereocenters. The van der Waals surface area contributed by atoms with Gasteiger partial charge in [0.1, 0.15) is 5.56 Å². The van der Waals surface area contributed by atoms with Crippen molar-refractivity contribution in [2.24, 2.45) is 5.92 Å². The standard InChI is InChI=1S/C19H22N4O6/c24-17(21-7-9-29-10-8-21)13-3-2-6-20(11-13)12-22-18(25)14-4-1-5-15(23(27)28)16(14)19(22)26/h1,4-5,13H,2-3,6-12H2/t13-/m1/s1. The molecule has 3 aliphatic heterocycles. The number of ether oxygens (including phenoxy) is 1. The van der Waals surface area contributed by atoms with E-state index in [2.05, 4.69) is 0 Å². The lowest BCUT2D eigenvalue weighted by atomic mass is 9.96. The summed E-state index contributed by atoms with van der Waals surface area (Å²) in [6, 6.07) is 4.07. The van der Waals surface area contributed by atoms with E-state index in [9.17, 15) is 24.5 Å². The van der Waals surface area contributed by atoms with Crippen LogP contribution in [0.4, 0.5) is 5.69 Å². The van der Waals surface area contributed by atoms with E-state index in [1.54, 1.807) is 0 Å². The molecule has 4 rings (SSSR count). The summed E-state index contributed by atoms with van der Waals surface area (Å²) in [5, 5.41) is 11.2. The molecule has 0 aliphatic carbocycles. The largest absolute Gasteiger partial charge is 0.378 e. The van der Waals surface area contributed by atoms with Crippen molar-refractivity contribution in [1.82, 2.24) is 14.7 Å². The van der Waals surface area contributed by atoms with Crippen LogP contribution in [-0.2, 0) is 9.53 Å². The zero-order valence-electron chi connectivity index (χ0n) is 15.9. The molecule has 2 fully saturated rings. The second kappa shape index (κ2) is 7.88. The molecule has 29 heavy (non-hydrogen) atoms. The molecular weight excluding hydrogens is 380 g/mol. The number of nitrogens with zero attached hydrogens (tertiary/aromatic N) is 4. The molecule has 0 spiro atoms. The van der Waals surface area contributed by atoms with Crippen LogP contribution in [0.5, 0.6) is 0 Å². The number of rotatable bonds is 4. The molecule has 10 nitrogen and oxygen atoms in total. The number of imide groups is 1. The van der Waals surface area contributed by atoms with Crippen molar-refractivity contribution < 1.29 is 24.0 Å². The molecule has 1 atom stereocenters. The lowest BCUT2D eigenvalue weighted by molar-refractivity contribution is -0.385. The summed E-state index contributed by atoms with van der Waals surface area (Å²) in [4.78, 5) is 53.6. The number of piperidine rings is 1. The fourth-order valence-corrected chi connectivity index (χ4v) is 4.22. The molecular formula is C19H22N4O6. The predicted octanol–water partition coefficient (Wildman–Crippen LogP) is 0.719. The minimum Gasteiger partial charge on any atom is -0.378 e. The number of nitro benzene ring substituents is 1. The lowest BCUT2D eigenvalue weighted by Crippen LogP contribution is -2.51. The zero-order valence-corrected chi connectivity index (χ0v) is 15.9. The Morgan fingerprint density at radius 1 is 1.17 bits per heavy atom. The maximum absolute atomic E-state index is 12.8. The molecule has 0 radical (unpaired) electrons. The van der Waals surface area contributed by atoms with Gasteiger partial charge in [-0.2, -0.15) is 0 Å². The van der Waals surface area contributed by atoms with Crippen molar-refractivity contribution in [3.63, 3.8) is 0 Å². The van der Waals surface area contributed by atoms with E-state index in [0.717, 1.165) is 17.7 Å². The number of morpholine rings is 1. The summed E-state index contributed by atoms with van der Waals surface area (Å²) in [5.41, 5.74) is -0.454. The number of amides is 3. The number of hydrogen-bond acceptors (Lipinski definition) is 7. The number of benzene rings is 1. The van der Waals surface area contributed by atoms with Crippen LogP contribution in [0.2, 0.25) is 0 Å². The second-order valence-corrected chi connectivity index (χ2v) is 7.49. The quantitative estimate of drug-likeness (QED) is 0.414. The number of nitro groups is 1. The van der Waals surface area contributed by atoms with E-state index in [0.29, 0.717) is 39.4 Å². The first-order valence-electron chi connectivity index (χ1n) is 9.70. The molecule has 3 heterocycles. The SMILES string of the molecule is O=C([C@@H]1CCCN(CN2C(=O)c3cccc([N+](=O)[O-])c3C2=O)C1)N1CCOCC1. The normalized spacial score (nSPS) is 22.7. The zero-order chi connectivity index (χ0) is 20.5. The van der Waals surface area contributed by atoms with Gasteiger partial charge >= 0.3 is 0 Å². The highest BCUT2D eigenvalue weighted by atomic mass is 16.6. The van der Waals surface area contributed by atoms with Crippen LogP contribution in [0.1, 0.15) is 33.6 Å².